The quantitative estimate of drug-likeness (QED) is 0.905. The van der Waals surface area contributed by atoms with Crippen LogP contribution < -0.4 is 10.6 Å². The van der Waals surface area contributed by atoms with E-state index in [4.69, 9.17) is 10.5 Å². The van der Waals surface area contributed by atoms with Crippen molar-refractivity contribution in [3.63, 3.8) is 0 Å². The molecule has 1 fully saturated rings. The Morgan fingerprint density at radius 1 is 1.55 bits per heavy atom. The van der Waals surface area contributed by atoms with Crippen molar-refractivity contribution in [2.24, 2.45) is 0 Å². The maximum atomic E-state index is 12.2. The van der Waals surface area contributed by atoms with Gasteiger partial charge in [-0.2, -0.15) is 4.37 Å². The zero-order valence-corrected chi connectivity index (χ0v) is 13.7. The number of hydrogen-bond donors (Lipinski definition) is 1. The highest BCUT2D eigenvalue weighted by atomic mass is 32.2. The Bertz CT molecular complexity index is 585. The molecule has 114 valence electrons. The normalized spacial score (nSPS) is 24.1. The monoisotopic (exact) mass is 319 g/mol. The molecule has 6 nitrogen and oxygen atoms in total. The minimum atomic E-state index is -3.37. The van der Waals surface area contributed by atoms with Crippen LogP contribution in [0, 0.1) is 0 Å². The van der Waals surface area contributed by atoms with Gasteiger partial charge in [0.1, 0.15) is 9.90 Å². The topological polar surface area (TPSA) is 85.5 Å². The molecule has 2 heterocycles. The fraction of sp³-hybridized carbons (Fsp3) is 0.750. The maximum Gasteiger partial charge on any atom is 0.184 e. The van der Waals surface area contributed by atoms with Crippen molar-refractivity contribution < 1.29 is 13.2 Å². The highest BCUT2D eigenvalue weighted by molar-refractivity contribution is 7.91. The molecule has 2 rings (SSSR count). The van der Waals surface area contributed by atoms with Gasteiger partial charge in [0.25, 0.3) is 0 Å². The van der Waals surface area contributed by atoms with Gasteiger partial charge in [-0.05, 0) is 31.3 Å². The van der Waals surface area contributed by atoms with E-state index in [2.05, 4.69) is 4.37 Å². The first kappa shape index (κ1) is 15.5. The SMILES string of the molecule is CCS(=O)(=O)c1c(N)nsc1N1CCCC(C)(OC)C1. The van der Waals surface area contributed by atoms with E-state index in [1.54, 1.807) is 14.0 Å². The lowest BCUT2D eigenvalue weighted by atomic mass is 9.95. The predicted octanol–water partition coefficient (Wildman–Crippen LogP) is 1.52. The summed E-state index contributed by atoms with van der Waals surface area (Å²) in [6.07, 6.45) is 1.91. The second-order valence-electron chi connectivity index (χ2n) is 5.28. The van der Waals surface area contributed by atoms with Crippen LogP contribution in [0.1, 0.15) is 26.7 Å². The van der Waals surface area contributed by atoms with Crippen molar-refractivity contribution in [1.29, 1.82) is 0 Å². The number of methoxy groups -OCH3 is 1. The average molecular weight is 319 g/mol. The minimum absolute atomic E-state index is 0.0258. The van der Waals surface area contributed by atoms with E-state index in [0.29, 0.717) is 11.5 Å². The molecule has 1 saturated heterocycles. The standard InChI is InChI=1S/C12H21N3O3S2/c1-4-20(16,17)9-10(13)14-19-11(9)15-7-5-6-12(2,8-15)18-3/h4-8H2,1-3H3,(H2,13,14). The van der Waals surface area contributed by atoms with Crippen LogP contribution in [0.15, 0.2) is 4.90 Å². The van der Waals surface area contributed by atoms with Gasteiger partial charge in [0.2, 0.25) is 0 Å². The molecule has 1 aromatic rings. The van der Waals surface area contributed by atoms with Crippen LogP contribution in [0.2, 0.25) is 0 Å². The Kier molecular flexibility index (Phi) is 4.27. The van der Waals surface area contributed by atoms with Crippen LogP contribution >= 0.6 is 11.5 Å². The molecule has 0 radical (unpaired) electrons. The molecule has 1 aromatic heterocycles. The molecular weight excluding hydrogens is 298 g/mol. The number of nitrogens with two attached hydrogens (primary N) is 1. The summed E-state index contributed by atoms with van der Waals surface area (Å²) in [6, 6.07) is 0. The van der Waals surface area contributed by atoms with Crippen LogP contribution in [0.4, 0.5) is 10.8 Å². The molecule has 0 bridgehead atoms. The summed E-state index contributed by atoms with van der Waals surface area (Å²) >= 11 is 1.15. The molecule has 1 atom stereocenters. The summed E-state index contributed by atoms with van der Waals surface area (Å²) in [5.74, 6) is 0.134. The van der Waals surface area contributed by atoms with Gasteiger partial charge in [0.05, 0.1) is 11.4 Å². The molecule has 1 unspecified atom stereocenters. The second kappa shape index (κ2) is 5.50. The van der Waals surface area contributed by atoms with Gasteiger partial charge < -0.3 is 15.4 Å². The van der Waals surface area contributed by atoms with Gasteiger partial charge in [-0.1, -0.05) is 6.92 Å². The molecular formula is C12H21N3O3S2. The largest absolute Gasteiger partial charge is 0.382 e. The van der Waals surface area contributed by atoms with E-state index in [0.717, 1.165) is 30.9 Å². The van der Waals surface area contributed by atoms with Crippen molar-refractivity contribution in [2.75, 3.05) is 36.6 Å². The Labute approximate surface area is 124 Å². The molecule has 1 aliphatic heterocycles. The summed E-state index contributed by atoms with van der Waals surface area (Å²) in [5.41, 5.74) is 5.51. The Hall–Kier alpha value is -0.860. The van der Waals surface area contributed by atoms with Crippen molar-refractivity contribution >= 4 is 32.2 Å². The van der Waals surface area contributed by atoms with E-state index in [1.165, 1.54) is 0 Å². The summed E-state index contributed by atoms with van der Waals surface area (Å²) in [5, 5.41) is 0.646. The first-order chi connectivity index (χ1) is 9.33. The number of aromatic nitrogens is 1. The summed E-state index contributed by atoms with van der Waals surface area (Å²) < 4.78 is 34.0. The van der Waals surface area contributed by atoms with Gasteiger partial charge >= 0.3 is 0 Å². The molecule has 0 amide bonds. The fourth-order valence-corrected chi connectivity index (χ4v) is 4.80. The van der Waals surface area contributed by atoms with E-state index >= 15 is 0 Å². The van der Waals surface area contributed by atoms with E-state index in [-0.39, 0.29) is 22.1 Å². The summed E-state index contributed by atoms with van der Waals surface area (Å²) in [6.45, 7) is 5.10. The van der Waals surface area contributed by atoms with Gasteiger partial charge in [-0.3, -0.25) is 0 Å². The summed E-state index contributed by atoms with van der Waals surface area (Å²) in [4.78, 5) is 2.22. The molecule has 0 aliphatic carbocycles. The molecule has 0 spiro atoms. The van der Waals surface area contributed by atoms with Crippen LogP contribution in [0.5, 0.6) is 0 Å². The molecule has 2 N–H and O–H groups in total. The van der Waals surface area contributed by atoms with Gasteiger partial charge in [0, 0.05) is 20.2 Å². The molecule has 1 aliphatic rings. The summed E-state index contributed by atoms with van der Waals surface area (Å²) in [7, 11) is -1.68. The van der Waals surface area contributed by atoms with Crippen molar-refractivity contribution in [3.05, 3.63) is 0 Å². The molecule has 0 aromatic carbocycles. The van der Waals surface area contributed by atoms with Crippen LogP contribution in [0.25, 0.3) is 0 Å². The lowest BCUT2D eigenvalue weighted by Crippen LogP contribution is -2.47. The Balaban J connectivity index is 2.39. The molecule has 0 saturated carbocycles. The van der Waals surface area contributed by atoms with Gasteiger partial charge in [-0.25, -0.2) is 8.42 Å². The van der Waals surface area contributed by atoms with Crippen molar-refractivity contribution in [2.45, 2.75) is 37.2 Å². The van der Waals surface area contributed by atoms with E-state index in [1.807, 2.05) is 11.8 Å². The number of rotatable bonds is 4. The van der Waals surface area contributed by atoms with Gasteiger partial charge in [0.15, 0.2) is 15.7 Å². The third-order valence-corrected chi connectivity index (χ3v) is 6.62. The first-order valence-electron chi connectivity index (χ1n) is 6.61. The number of sulfone groups is 1. The van der Waals surface area contributed by atoms with Crippen molar-refractivity contribution in [3.8, 4) is 0 Å². The number of nitrogens with zero attached hydrogens (tertiary/aromatic N) is 2. The van der Waals surface area contributed by atoms with Crippen LogP contribution in [-0.4, -0.2) is 44.3 Å². The number of hydrogen-bond acceptors (Lipinski definition) is 7. The highest BCUT2D eigenvalue weighted by Crippen LogP contribution is 2.38. The van der Waals surface area contributed by atoms with E-state index in [9.17, 15) is 8.42 Å². The zero-order chi connectivity index (χ0) is 15.0. The lowest BCUT2D eigenvalue weighted by molar-refractivity contribution is -0.00460. The van der Waals surface area contributed by atoms with Crippen LogP contribution in [-0.2, 0) is 14.6 Å². The third-order valence-electron chi connectivity index (χ3n) is 3.79. The fourth-order valence-electron chi connectivity index (χ4n) is 2.47. The lowest BCUT2D eigenvalue weighted by Gasteiger charge is -2.40. The number of ether oxygens (including phenoxy) is 1. The number of nitrogen functional groups attached to an aromatic ring is 1. The zero-order valence-electron chi connectivity index (χ0n) is 12.0. The third kappa shape index (κ3) is 2.77. The van der Waals surface area contributed by atoms with E-state index < -0.39 is 9.84 Å². The van der Waals surface area contributed by atoms with Crippen molar-refractivity contribution in [1.82, 2.24) is 4.37 Å². The predicted molar refractivity (Wildman–Crippen MR) is 81.1 cm³/mol. The smallest absolute Gasteiger partial charge is 0.184 e. The Morgan fingerprint density at radius 3 is 2.85 bits per heavy atom. The maximum absolute atomic E-state index is 12.2. The first-order valence-corrected chi connectivity index (χ1v) is 9.03. The van der Waals surface area contributed by atoms with Crippen LogP contribution in [0.3, 0.4) is 0 Å². The number of anilines is 2. The molecule has 20 heavy (non-hydrogen) atoms. The second-order valence-corrected chi connectivity index (χ2v) is 8.25. The number of piperidine rings is 1. The average Bonchev–Trinajstić information content (AvgIpc) is 2.81. The molecule has 8 heteroatoms. The highest BCUT2D eigenvalue weighted by Gasteiger charge is 2.35. The van der Waals surface area contributed by atoms with Gasteiger partial charge in [-0.15, -0.1) is 0 Å². The Morgan fingerprint density at radius 2 is 2.25 bits per heavy atom. The minimum Gasteiger partial charge on any atom is -0.382 e.